The normalized spacial score (nSPS) is 13.9. The van der Waals surface area contributed by atoms with Crippen molar-refractivity contribution in [2.24, 2.45) is 0 Å². The lowest BCUT2D eigenvalue weighted by molar-refractivity contribution is 0.669. The molecule has 0 spiro atoms. The summed E-state index contributed by atoms with van der Waals surface area (Å²) in [6, 6.07) is 64.0. The minimum atomic E-state index is 0.445. The maximum atomic E-state index is 6.41. The first kappa shape index (κ1) is 31.6. The Balaban J connectivity index is 1.08. The first-order valence-corrected chi connectivity index (χ1v) is 19.2. The van der Waals surface area contributed by atoms with E-state index in [2.05, 4.69) is 194 Å². The van der Waals surface area contributed by atoms with Crippen LogP contribution in [0.3, 0.4) is 0 Å². The van der Waals surface area contributed by atoms with Gasteiger partial charge in [0.25, 0.3) is 0 Å². The largest absolute Gasteiger partial charge is 0.456 e. The summed E-state index contributed by atoms with van der Waals surface area (Å²) >= 11 is 0. The second-order valence-electron chi connectivity index (χ2n) is 14.9. The molecule has 10 aromatic rings. The number of para-hydroxylation sites is 1. The highest BCUT2D eigenvalue weighted by Crippen LogP contribution is 2.46. The monoisotopic (exact) mass is 703 g/mol. The van der Waals surface area contributed by atoms with Gasteiger partial charge in [0.15, 0.2) is 0 Å². The van der Waals surface area contributed by atoms with Crippen LogP contribution in [0.2, 0.25) is 0 Å². The van der Waals surface area contributed by atoms with Gasteiger partial charge in [0.2, 0.25) is 0 Å². The fraction of sp³-hybridized carbons (Fsp3) is 0.0566. The molecule has 1 heterocycles. The molecule has 0 amide bonds. The smallest absolute Gasteiger partial charge is 0.137 e. The van der Waals surface area contributed by atoms with Crippen molar-refractivity contribution >= 4 is 77.4 Å². The van der Waals surface area contributed by atoms with E-state index in [0.717, 1.165) is 45.4 Å². The summed E-state index contributed by atoms with van der Waals surface area (Å²) in [6.45, 7) is 2.36. The molecule has 260 valence electrons. The van der Waals surface area contributed by atoms with E-state index in [-0.39, 0.29) is 0 Å². The fourth-order valence-corrected chi connectivity index (χ4v) is 9.09. The molecule has 55 heavy (non-hydrogen) atoms. The van der Waals surface area contributed by atoms with E-state index in [0.29, 0.717) is 5.92 Å². The summed E-state index contributed by atoms with van der Waals surface area (Å²) < 4.78 is 6.41. The second-order valence-corrected chi connectivity index (χ2v) is 14.9. The number of hydrogen-bond acceptors (Lipinski definition) is 2. The van der Waals surface area contributed by atoms with Gasteiger partial charge < -0.3 is 9.32 Å². The molecule has 1 aliphatic rings. The molecule has 11 rings (SSSR count). The predicted molar refractivity (Wildman–Crippen MR) is 234 cm³/mol. The van der Waals surface area contributed by atoms with Crippen LogP contribution in [0.5, 0.6) is 0 Å². The maximum Gasteiger partial charge on any atom is 0.137 e. The number of rotatable bonds is 5. The molecule has 0 saturated carbocycles. The molecule has 1 unspecified atom stereocenters. The van der Waals surface area contributed by atoms with E-state index in [1.807, 2.05) is 6.07 Å². The van der Waals surface area contributed by atoms with Gasteiger partial charge in [-0.3, -0.25) is 0 Å². The lowest BCUT2D eigenvalue weighted by Gasteiger charge is -2.27. The van der Waals surface area contributed by atoms with Crippen LogP contribution in [-0.2, 0) is 0 Å². The Morgan fingerprint density at radius 1 is 0.491 bits per heavy atom. The van der Waals surface area contributed by atoms with E-state index in [1.165, 1.54) is 65.7 Å². The van der Waals surface area contributed by atoms with Gasteiger partial charge in [-0.05, 0) is 133 Å². The Labute approximate surface area is 320 Å². The van der Waals surface area contributed by atoms with Gasteiger partial charge in [0.1, 0.15) is 11.2 Å². The minimum Gasteiger partial charge on any atom is -0.456 e. The van der Waals surface area contributed by atoms with Gasteiger partial charge in [-0.15, -0.1) is 0 Å². The third kappa shape index (κ3) is 5.10. The molecule has 2 heteroatoms. The van der Waals surface area contributed by atoms with Gasteiger partial charge in [0.05, 0.1) is 11.1 Å². The molecule has 9 aromatic carbocycles. The Bertz CT molecular complexity index is 3130. The third-order valence-corrected chi connectivity index (χ3v) is 11.7. The van der Waals surface area contributed by atoms with Crippen molar-refractivity contribution in [1.29, 1.82) is 0 Å². The third-order valence-electron chi connectivity index (χ3n) is 11.7. The van der Waals surface area contributed by atoms with Crippen molar-refractivity contribution in [2.45, 2.75) is 19.3 Å². The van der Waals surface area contributed by atoms with E-state index in [1.54, 1.807) is 0 Å². The van der Waals surface area contributed by atoms with E-state index in [4.69, 9.17) is 4.42 Å². The number of furan rings is 1. The molecule has 2 nitrogen and oxygen atoms in total. The topological polar surface area (TPSA) is 16.4 Å². The Morgan fingerprint density at radius 2 is 1.05 bits per heavy atom. The molecule has 0 bridgehead atoms. The number of allylic oxidation sites excluding steroid dienone is 1. The summed E-state index contributed by atoms with van der Waals surface area (Å²) in [4.78, 5) is 2.39. The average molecular weight is 704 g/mol. The van der Waals surface area contributed by atoms with Crippen LogP contribution in [0.1, 0.15) is 30.4 Å². The highest BCUT2D eigenvalue weighted by Gasteiger charge is 2.23. The average Bonchev–Trinajstić information content (AvgIpc) is 3.63. The van der Waals surface area contributed by atoms with Gasteiger partial charge in [0, 0.05) is 16.8 Å². The summed E-state index contributed by atoms with van der Waals surface area (Å²) in [5.74, 6) is 0.445. The zero-order valence-electron chi connectivity index (χ0n) is 30.5. The summed E-state index contributed by atoms with van der Waals surface area (Å²) in [5, 5.41) is 9.89. The molecule has 1 aliphatic carbocycles. The Hall–Kier alpha value is -6.90. The molecular formula is C53H37NO. The van der Waals surface area contributed by atoms with Crippen molar-refractivity contribution in [2.75, 3.05) is 4.90 Å². The fourth-order valence-electron chi connectivity index (χ4n) is 9.09. The zero-order valence-corrected chi connectivity index (χ0v) is 30.5. The minimum absolute atomic E-state index is 0.445. The molecule has 0 aliphatic heterocycles. The van der Waals surface area contributed by atoms with Crippen LogP contribution in [0.4, 0.5) is 17.1 Å². The standard InChI is InChI=1S/C53H37NO/c1-34-12-10-20-45-42-16-5-3-14-38(42)33-48(52(34)45)36-26-30-40(31-27-36)54(49-21-11-23-51-53(49)46-19-8-9-22-50(46)55-51)39-28-24-35(25-29-39)47-32-37-13-2-4-15-41(37)43-17-6-7-18-44(43)47/h2-11,13-34H,12H2,1H3. The molecule has 0 radical (unpaired) electrons. The van der Waals surface area contributed by atoms with E-state index in [9.17, 15) is 0 Å². The SMILES string of the molecule is CC1CC=Cc2c1c(-c1ccc(N(c3ccc(-c4cc5ccccc5c5ccccc45)cc3)c3cccc4oc5ccccc5c34)cc1)cc1ccccc21. The summed E-state index contributed by atoms with van der Waals surface area (Å²) in [7, 11) is 0. The highest BCUT2D eigenvalue weighted by molar-refractivity contribution is 6.15. The van der Waals surface area contributed by atoms with Crippen LogP contribution in [0, 0.1) is 0 Å². The van der Waals surface area contributed by atoms with Crippen molar-refractivity contribution in [3.8, 4) is 22.3 Å². The lowest BCUT2D eigenvalue weighted by atomic mass is 9.80. The number of fused-ring (bicyclic) bond motifs is 9. The first-order valence-electron chi connectivity index (χ1n) is 19.2. The predicted octanol–water partition coefficient (Wildman–Crippen LogP) is 15.4. The van der Waals surface area contributed by atoms with Crippen LogP contribution in [0.25, 0.3) is 82.6 Å². The maximum absolute atomic E-state index is 6.41. The highest BCUT2D eigenvalue weighted by atomic mass is 16.3. The van der Waals surface area contributed by atoms with Gasteiger partial charge in [-0.25, -0.2) is 0 Å². The van der Waals surface area contributed by atoms with Crippen molar-refractivity contribution in [3.63, 3.8) is 0 Å². The molecule has 1 atom stereocenters. The molecule has 1 aromatic heterocycles. The number of nitrogens with zero attached hydrogens (tertiary/aromatic N) is 1. The van der Waals surface area contributed by atoms with Crippen LogP contribution < -0.4 is 4.90 Å². The molecule has 0 fully saturated rings. The van der Waals surface area contributed by atoms with Crippen LogP contribution >= 0.6 is 0 Å². The number of anilines is 3. The van der Waals surface area contributed by atoms with Gasteiger partial charge >= 0.3 is 0 Å². The van der Waals surface area contributed by atoms with Crippen molar-refractivity contribution < 1.29 is 4.42 Å². The Morgan fingerprint density at radius 3 is 1.80 bits per heavy atom. The second kappa shape index (κ2) is 12.6. The molecule has 0 N–H and O–H groups in total. The first-order chi connectivity index (χ1) is 27.2. The Kier molecular flexibility index (Phi) is 7.25. The molecule has 0 saturated heterocycles. The van der Waals surface area contributed by atoms with Crippen molar-refractivity contribution in [3.05, 3.63) is 193 Å². The van der Waals surface area contributed by atoms with E-state index >= 15 is 0 Å². The summed E-state index contributed by atoms with van der Waals surface area (Å²) in [5.41, 5.74) is 12.8. The van der Waals surface area contributed by atoms with Gasteiger partial charge in [-0.1, -0.05) is 140 Å². The van der Waals surface area contributed by atoms with Crippen LogP contribution in [0.15, 0.2) is 186 Å². The quantitative estimate of drug-likeness (QED) is 0.166. The van der Waals surface area contributed by atoms with E-state index < -0.39 is 0 Å². The van der Waals surface area contributed by atoms with Crippen molar-refractivity contribution in [1.82, 2.24) is 0 Å². The van der Waals surface area contributed by atoms with Gasteiger partial charge in [-0.2, -0.15) is 0 Å². The molecular weight excluding hydrogens is 667 g/mol. The van der Waals surface area contributed by atoms with Crippen LogP contribution in [-0.4, -0.2) is 0 Å². The summed E-state index contributed by atoms with van der Waals surface area (Å²) in [6.07, 6.45) is 5.72. The number of hydrogen-bond donors (Lipinski definition) is 0. The zero-order chi connectivity index (χ0) is 36.5. The number of benzene rings is 9. The lowest BCUT2D eigenvalue weighted by Crippen LogP contribution is -2.10.